The first kappa shape index (κ1) is 12.7. The highest BCUT2D eigenvalue weighted by atomic mass is 16.3. The summed E-state index contributed by atoms with van der Waals surface area (Å²) in [6, 6.07) is 7.58. The lowest BCUT2D eigenvalue weighted by Gasteiger charge is -2.02. The predicted octanol–water partition coefficient (Wildman–Crippen LogP) is 2.94. The second kappa shape index (κ2) is 8.30. The summed E-state index contributed by atoms with van der Waals surface area (Å²) >= 11 is 0. The van der Waals surface area contributed by atoms with Gasteiger partial charge in [0.25, 0.3) is 0 Å². The predicted molar refractivity (Wildman–Crippen MR) is 58.5 cm³/mol. The molecule has 78 valence electrons. The summed E-state index contributed by atoms with van der Waals surface area (Å²) in [5, 5.41) is 9.41. The Morgan fingerprint density at radius 1 is 1.21 bits per heavy atom. The van der Waals surface area contributed by atoms with Crippen LogP contribution in [0.15, 0.2) is 24.3 Å². The number of phenols is 1. The van der Waals surface area contributed by atoms with Crippen molar-refractivity contribution in [2.45, 2.75) is 32.6 Å². The van der Waals surface area contributed by atoms with Gasteiger partial charge in [-0.15, -0.1) is 0 Å². The van der Waals surface area contributed by atoms with Gasteiger partial charge in [-0.1, -0.05) is 38.0 Å². The fourth-order valence-corrected chi connectivity index (χ4v) is 1.29. The van der Waals surface area contributed by atoms with E-state index < -0.39 is 0 Å². The number of carbonyl (C=O) groups excluding carboxylic acids is 1. The molecule has 0 spiro atoms. The molecule has 14 heavy (non-hydrogen) atoms. The van der Waals surface area contributed by atoms with E-state index in [-0.39, 0.29) is 0 Å². The molecule has 0 fully saturated rings. The molecule has 0 unspecified atom stereocenters. The van der Waals surface area contributed by atoms with Gasteiger partial charge in [0.15, 0.2) is 0 Å². The van der Waals surface area contributed by atoms with Crippen LogP contribution in [0.25, 0.3) is 0 Å². The third-order valence-electron chi connectivity index (χ3n) is 2.04. The molecule has 0 heterocycles. The monoisotopic (exact) mass is 194 g/mol. The molecular formula is C12H18O2. The fraction of sp³-hybridized carbons (Fsp3) is 0.417. The summed E-state index contributed by atoms with van der Waals surface area (Å²) in [5.41, 5.74) is 1.07. The Hall–Kier alpha value is -1.31. The van der Waals surface area contributed by atoms with Gasteiger partial charge in [0, 0.05) is 0 Å². The molecule has 0 aliphatic carbocycles. The lowest BCUT2D eigenvalue weighted by Crippen LogP contribution is -1.85. The second-order valence-electron chi connectivity index (χ2n) is 3.09. The Kier molecular flexibility index (Phi) is 7.52. The van der Waals surface area contributed by atoms with Crippen molar-refractivity contribution in [1.29, 1.82) is 0 Å². The lowest BCUT2D eigenvalue weighted by molar-refractivity contribution is -0.0979. The molecule has 0 aliphatic heterocycles. The van der Waals surface area contributed by atoms with Crippen molar-refractivity contribution in [3.05, 3.63) is 29.8 Å². The van der Waals surface area contributed by atoms with Gasteiger partial charge in [-0.3, -0.25) is 0 Å². The zero-order valence-corrected chi connectivity index (χ0v) is 8.70. The largest absolute Gasteiger partial charge is 0.508 e. The Morgan fingerprint density at radius 3 is 2.43 bits per heavy atom. The molecule has 0 aromatic heterocycles. The van der Waals surface area contributed by atoms with Gasteiger partial charge in [-0.05, 0) is 24.5 Å². The molecule has 1 aromatic rings. The Bertz CT molecular complexity index is 246. The summed E-state index contributed by atoms with van der Waals surface area (Å²) in [7, 11) is 0. The highest BCUT2D eigenvalue weighted by molar-refractivity contribution is 5.31. The molecule has 0 bridgehead atoms. The van der Waals surface area contributed by atoms with Crippen molar-refractivity contribution in [3.8, 4) is 5.75 Å². The summed E-state index contributed by atoms with van der Waals surface area (Å²) in [6.07, 6.45) is 4.65. The number of unbranched alkanes of at least 4 members (excludes halogenated alkanes) is 2. The minimum Gasteiger partial charge on any atom is -0.508 e. The summed E-state index contributed by atoms with van der Waals surface area (Å²) < 4.78 is 0. The quantitative estimate of drug-likeness (QED) is 0.748. The molecule has 2 heteroatoms. The van der Waals surface area contributed by atoms with Gasteiger partial charge in [-0.25, -0.2) is 0 Å². The minimum atomic E-state index is 0.439. The SMILES string of the molecule is C=O.CCCCCc1ccccc1O. The van der Waals surface area contributed by atoms with Gasteiger partial charge >= 0.3 is 0 Å². The van der Waals surface area contributed by atoms with Gasteiger partial charge in [-0.2, -0.15) is 0 Å². The van der Waals surface area contributed by atoms with Crippen LogP contribution in [0.3, 0.4) is 0 Å². The van der Waals surface area contributed by atoms with E-state index in [4.69, 9.17) is 4.79 Å². The van der Waals surface area contributed by atoms with Crippen LogP contribution in [0.4, 0.5) is 0 Å². The standard InChI is InChI=1S/C11H16O.CH2O/c1-2-3-4-7-10-8-5-6-9-11(10)12;1-2/h5-6,8-9,12H,2-4,7H2,1H3;1H2. The minimum absolute atomic E-state index is 0.439. The maximum absolute atomic E-state index is 9.41. The second-order valence-corrected chi connectivity index (χ2v) is 3.09. The van der Waals surface area contributed by atoms with Crippen molar-refractivity contribution in [2.75, 3.05) is 0 Å². The van der Waals surface area contributed by atoms with Crippen LogP contribution in [0, 0.1) is 0 Å². The molecule has 1 aromatic carbocycles. The van der Waals surface area contributed by atoms with E-state index in [1.165, 1.54) is 19.3 Å². The number of carbonyl (C=O) groups is 1. The van der Waals surface area contributed by atoms with Gasteiger partial charge in [0.05, 0.1) is 0 Å². The fourth-order valence-electron chi connectivity index (χ4n) is 1.29. The summed E-state index contributed by atoms with van der Waals surface area (Å²) in [6.45, 7) is 4.19. The van der Waals surface area contributed by atoms with E-state index in [1.807, 2.05) is 25.0 Å². The number of hydrogen-bond acceptors (Lipinski definition) is 2. The Labute approximate surface area is 85.6 Å². The highest BCUT2D eigenvalue weighted by Gasteiger charge is 1.97. The number of rotatable bonds is 4. The number of aromatic hydroxyl groups is 1. The number of hydrogen-bond donors (Lipinski definition) is 1. The first-order valence-electron chi connectivity index (χ1n) is 4.90. The van der Waals surface area contributed by atoms with Crippen molar-refractivity contribution in [1.82, 2.24) is 0 Å². The van der Waals surface area contributed by atoms with Crippen molar-refractivity contribution in [3.63, 3.8) is 0 Å². The van der Waals surface area contributed by atoms with Crippen LogP contribution < -0.4 is 0 Å². The maximum Gasteiger partial charge on any atom is 0.118 e. The molecule has 0 amide bonds. The van der Waals surface area contributed by atoms with E-state index in [0.29, 0.717) is 5.75 Å². The van der Waals surface area contributed by atoms with Crippen LogP contribution in [-0.2, 0) is 11.2 Å². The van der Waals surface area contributed by atoms with Gasteiger partial charge in [0.1, 0.15) is 12.5 Å². The zero-order valence-electron chi connectivity index (χ0n) is 8.70. The van der Waals surface area contributed by atoms with Crippen LogP contribution >= 0.6 is 0 Å². The lowest BCUT2D eigenvalue weighted by atomic mass is 10.1. The Morgan fingerprint density at radius 2 is 1.86 bits per heavy atom. The van der Waals surface area contributed by atoms with E-state index in [0.717, 1.165) is 12.0 Å². The summed E-state index contributed by atoms with van der Waals surface area (Å²) in [4.78, 5) is 8.00. The van der Waals surface area contributed by atoms with Crippen LogP contribution in [0.2, 0.25) is 0 Å². The first-order valence-corrected chi connectivity index (χ1v) is 4.90. The zero-order chi connectivity index (χ0) is 10.8. The van der Waals surface area contributed by atoms with Crippen LogP contribution in [0.1, 0.15) is 31.7 Å². The van der Waals surface area contributed by atoms with Crippen molar-refractivity contribution < 1.29 is 9.90 Å². The molecule has 0 aliphatic rings. The molecule has 1 N–H and O–H groups in total. The number of para-hydroxylation sites is 1. The Balaban J connectivity index is 0.000000791. The van der Waals surface area contributed by atoms with Gasteiger partial charge in [0.2, 0.25) is 0 Å². The average Bonchev–Trinajstić information content (AvgIpc) is 2.24. The van der Waals surface area contributed by atoms with E-state index in [9.17, 15) is 5.11 Å². The topological polar surface area (TPSA) is 37.3 Å². The van der Waals surface area contributed by atoms with Crippen LogP contribution in [0.5, 0.6) is 5.75 Å². The van der Waals surface area contributed by atoms with Gasteiger partial charge < -0.3 is 9.90 Å². The number of benzene rings is 1. The first-order chi connectivity index (χ1) is 6.84. The van der Waals surface area contributed by atoms with E-state index in [1.54, 1.807) is 6.07 Å². The number of phenolic OH excluding ortho intramolecular Hbond substituents is 1. The van der Waals surface area contributed by atoms with Crippen LogP contribution in [-0.4, -0.2) is 11.9 Å². The third kappa shape index (κ3) is 4.65. The third-order valence-corrected chi connectivity index (χ3v) is 2.04. The normalized spacial score (nSPS) is 8.93. The highest BCUT2D eigenvalue weighted by Crippen LogP contribution is 2.17. The summed E-state index contributed by atoms with van der Waals surface area (Å²) in [5.74, 6) is 0.439. The molecule has 0 saturated carbocycles. The molecule has 0 atom stereocenters. The van der Waals surface area contributed by atoms with Crippen molar-refractivity contribution in [2.24, 2.45) is 0 Å². The smallest absolute Gasteiger partial charge is 0.118 e. The van der Waals surface area contributed by atoms with E-state index in [2.05, 4.69) is 6.92 Å². The molecular weight excluding hydrogens is 176 g/mol. The molecule has 0 radical (unpaired) electrons. The molecule has 2 nitrogen and oxygen atoms in total. The average molecular weight is 194 g/mol. The molecule has 0 saturated heterocycles. The molecule has 1 rings (SSSR count). The maximum atomic E-state index is 9.41. The van der Waals surface area contributed by atoms with Crippen molar-refractivity contribution >= 4 is 6.79 Å². The number of aryl methyl sites for hydroxylation is 1. The van der Waals surface area contributed by atoms with E-state index >= 15 is 0 Å².